The zero-order chi connectivity index (χ0) is 10.1. The quantitative estimate of drug-likeness (QED) is 0.747. The normalized spacial score (nSPS) is 15.1. The van der Waals surface area contributed by atoms with E-state index in [1.54, 1.807) is 10.8 Å². The van der Waals surface area contributed by atoms with Gasteiger partial charge in [0.2, 0.25) is 0 Å². The van der Waals surface area contributed by atoms with Crippen LogP contribution in [0.5, 0.6) is 0 Å². The third-order valence-corrected chi connectivity index (χ3v) is 2.94. The topological polar surface area (TPSA) is 63.4 Å². The Morgan fingerprint density at radius 3 is 2.29 bits per heavy atom. The first-order valence-corrected chi connectivity index (χ1v) is 5.32. The van der Waals surface area contributed by atoms with Crippen LogP contribution < -0.4 is 5.73 Å². The van der Waals surface area contributed by atoms with Crippen molar-refractivity contribution >= 4 is 23.2 Å². The molecule has 0 unspecified atom stereocenters. The highest BCUT2D eigenvalue weighted by atomic mass is 32.1. The van der Waals surface area contributed by atoms with E-state index in [0.29, 0.717) is 30.6 Å². The fourth-order valence-electron chi connectivity index (χ4n) is 1.46. The van der Waals surface area contributed by atoms with Gasteiger partial charge in [-0.25, -0.2) is 0 Å². The summed E-state index contributed by atoms with van der Waals surface area (Å²) in [5.74, 6) is -0.362. The van der Waals surface area contributed by atoms with E-state index in [1.165, 1.54) is 16.2 Å². The molecule has 74 valence electrons. The summed E-state index contributed by atoms with van der Waals surface area (Å²) >= 11 is 1.38. The van der Waals surface area contributed by atoms with Crippen LogP contribution in [0.4, 0.5) is 0 Å². The van der Waals surface area contributed by atoms with Crippen LogP contribution in [0.2, 0.25) is 0 Å². The Labute approximate surface area is 85.3 Å². The second-order valence-corrected chi connectivity index (χ2v) is 3.85. The van der Waals surface area contributed by atoms with Gasteiger partial charge in [-0.05, 0) is 13.0 Å². The molecule has 1 aliphatic rings. The van der Waals surface area contributed by atoms with Crippen molar-refractivity contribution in [2.75, 3.05) is 13.1 Å². The molecule has 1 aromatic rings. The second kappa shape index (κ2) is 3.51. The summed E-state index contributed by atoms with van der Waals surface area (Å²) < 4.78 is 0. The summed E-state index contributed by atoms with van der Waals surface area (Å²) in [6.07, 6.45) is 0.658. The van der Waals surface area contributed by atoms with E-state index in [-0.39, 0.29) is 11.8 Å². The van der Waals surface area contributed by atoms with Crippen LogP contribution in [0.3, 0.4) is 0 Å². The highest BCUT2D eigenvalue weighted by Crippen LogP contribution is 2.25. The van der Waals surface area contributed by atoms with Gasteiger partial charge >= 0.3 is 0 Å². The van der Waals surface area contributed by atoms with Crippen molar-refractivity contribution in [2.24, 2.45) is 5.73 Å². The van der Waals surface area contributed by atoms with E-state index in [2.05, 4.69) is 0 Å². The molecule has 0 bridgehead atoms. The Morgan fingerprint density at radius 1 is 1.21 bits per heavy atom. The third kappa shape index (κ3) is 1.25. The molecule has 0 radical (unpaired) electrons. The van der Waals surface area contributed by atoms with Gasteiger partial charge in [-0.1, -0.05) is 0 Å². The van der Waals surface area contributed by atoms with E-state index >= 15 is 0 Å². The zero-order valence-corrected chi connectivity index (χ0v) is 8.34. The molecule has 2 N–H and O–H groups in total. The molecule has 1 aliphatic heterocycles. The van der Waals surface area contributed by atoms with E-state index in [9.17, 15) is 9.59 Å². The molecular weight excluding hydrogens is 200 g/mol. The van der Waals surface area contributed by atoms with Crippen molar-refractivity contribution in [1.82, 2.24) is 4.90 Å². The second-order valence-electron chi connectivity index (χ2n) is 3.10. The number of hydrogen-bond acceptors (Lipinski definition) is 4. The van der Waals surface area contributed by atoms with Gasteiger partial charge in [0.1, 0.15) is 0 Å². The number of nitrogens with two attached hydrogens (primary N) is 1. The van der Waals surface area contributed by atoms with Crippen molar-refractivity contribution < 1.29 is 9.59 Å². The fraction of sp³-hybridized carbons (Fsp3) is 0.333. The van der Waals surface area contributed by atoms with Gasteiger partial charge in [-0.15, -0.1) is 0 Å². The summed E-state index contributed by atoms with van der Waals surface area (Å²) in [4.78, 5) is 24.6. The van der Waals surface area contributed by atoms with E-state index in [4.69, 9.17) is 5.73 Å². The molecule has 1 aromatic heterocycles. The molecule has 0 aromatic carbocycles. The molecule has 0 saturated carbocycles. The fourth-order valence-corrected chi connectivity index (χ4v) is 2.26. The lowest BCUT2D eigenvalue weighted by Crippen LogP contribution is -2.31. The molecule has 4 nitrogen and oxygen atoms in total. The lowest BCUT2D eigenvalue weighted by molar-refractivity contribution is 0.0653. The number of fused-ring (bicyclic) bond motifs is 1. The van der Waals surface area contributed by atoms with Gasteiger partial charge in [0.05, 0.1) is 11.1 Å². The SMILES string of the molecule is NCCCN1C(=O)c2cscc2C1=O. The molecule has 0 fully saturated rings. The number of amides is 2. The molecule has 0 aliphatic carbocycles. The van der Waals surface area contributed by atoms with E-state index < -0.39 is 0 Å². The van der Waals surface area contributed by atoms with E-state index in [0.717, 1.165) is 0 Å². The van der Waals surface area contributed by atoms with Crippen molar-refractivity contribution in [3.05, 3.63) is 21.9 Å². The van der Waals surface area contributed by atoms with Crippen LogP contribution in [0.15, 0.2) is 10.8 Å². The van der Waals surface area contributed by atoms with Gasteiger partial charge in [-0.2, -0.15) is 11.3 Å². The number of nitrogens with zero attached hydrogens (tertiary/aromatic N) is 1. The Kier molecular flexibility index (Phi) is 2.35. The van der Waals surface area contributed by atoms with Gasteiger partial charge in [0, 0.05) is 17.3 Å². The zero-order valence-electron chi connectivity index (χ0n) is 7.53. The minimum absolute atomic E-state index is 0.181. The molecular formula is C9H10N2O2S. The Hall–Kier alpha value is -1.20. The van der Waals surface area contributed by atoms with Crippen molar-refractivity contribution in [1.29, 1.82) is 0 Å². The molecule has 5 heteroatoms. The first-order valence-electron chi connectivity index (χ1n) is 4.38. The number of imide groups is 1. The van der Waals surface area contributed by atoms with Gasteiger partial charge in [-0.3, -0.25) is 14.5 Å². The molecule has 14 heavy (non-hydrogen) atoms. The van der Waals surface area contributed by atoms with Crippen LogP contribution in [0, 0.1) is 0 Å². The largest absolute Gasteiger partial charge is 0.330 e. The average Bonchev–Trinajstić information content (AvgIpc) is 2.72. The molecule has 0 saturated heterocycles. The highest BCUT2D eigenvalue weighted by molar-refractivity contribution is 7.08. The van der Waals surface area contributed by atoms with Crippen LogP contribution in [0.25, 0.3) is 0 Å². The van der Waals surface area contributed by atoms with Crippen molar-refractivity contribution in [3.63, 3.8) is 0 Å². The summed E-state index contributed by atoms with van der Waals surface area (Å²) in [6, 6.07) is 0. The first-order chi connectivity index (χ1) is 6.75. The highest BCUT2D eigenvalue weighted by Gasteiger charge is 2.35. The third-order valence-electron chi connectivity index (χ3n) is 2.20. The first kappa shape index (κ1) is 9.36. The van der Waals surface area contributed by atoms with Crippen molar-refractivity contribution in [2.45, 2.75) is 6.42 Å². The Balaban J connectivity index is 2.22. The number of thiophene rings is 1. The minimum Gasteiger partial charge on any atom is -0.330 e. The molecule has 2 rings (SSSR count). The van der Waals surface area contributed by atoms with Gasteiger partial charge in [0.15, 0.2) is 0 Å². The predicted octanol–water partition coefficient (Wildman–Crippen LogP) is 0.693. The Morgan fingerprint density at radius 2 is 1.79 bits per heavy atom. The Bertz CT molecular complexity index is 355. The molecule has 0 spiro atoms. The smallest absolute Gasteiger partial charge is 0.262 e. The van der Waals surface area contributed by atoms with Crippen LogP contribution >= 0.6 is 11.3 Å². The number of carbonyl (C=O) groups is 2. The maximum atomic E-state index is 11.6. The predicted molar refractivity (Wildman–Crippen MR) is 53.4 cm³/mol. The van der Waals surface area contributed by atoms with Gasteiger partial charge in [0.25, 0.3) is 11.8 Å². The monoisotopic (exact) mass is 210 g/mol. The number of rotatable bonds is 3. The summed E-state index contributed by atoms with van der Waals surface area (Å²) in [6.45, 7) is 0.914. The maximum Gasteiger partial charge on any atom is 0.262 e. The van der Waals surface area contributed by atoms with Crippen LogP contribution in [-0.4, -0.2) is 29.8 Å². The standard InChI is InChI=1S/C9H10N2O2S/c10-2-1-3-11-8(12)6-4-14-5-7(6)9(11)13/h4-5H,1-3,10H2. The maximum absolute atomic E-state index is 11.6. The lowest BCUT2D eigenvalue weighted by atomic mass is 10.2. The average molecular weight is 210 g/mol. The van der Waals surface area contributed by atoms with Crippen molar-refractivity contribution in [3.8, 4) is 0 Å². The number of hydrogen-bond donors (Lipinski definition) is 1. The summed E-state index contributed by atoms with van der Waals surface area (Å²) in [5, 5.41) is 3.44. The molecule has 2 amide bonds. The minimum atomic E-state index is -0.181. The van der Waals surface area contributed by atoms with Crippen LogP contribution in [-0.2, 0) is 0 Å². The number of carbonyl (C=O) groups excluding carboxylic acids is 2. The van der Waals surface area contributed by atoms with E-state index in [1.807, 2.05) is 0 Å². The molecule has 2 heterocycles. The lowest BCUT2D eigenvalue weighted by Gasteiger charge is -2.12. The van der Waals surface area contributed by atoms with Crippen LogP contribution in [0.1, 0.15) is 27.1 Å². The van der Waals surface area contributed by atoms with Gasteiger partial charge < -0.3 is 5.73 Å². The summed E-state index contributed by atoms with van der Waals surface area (Å²) in [5.41, 5.74) is 6.41. The summed E-state index contributed by atoms with van der Waals surface area (Å²) in [7, 11) is 0. The molecule has 0 atom stereocenters.